The van der Waals surface area contributed by atoms with E-state index in [9.17, 15) is 24.3 Å². The van der Waals surface area contributed by atoms with Crippen molar-refractivity contribution in [2.75, 3.05) is 5.32 Å². The maximum atomic E-state index is 13.0. The molecule has 142 valence electrons. The molecular formula is C20H15NO7. The van der Waals surface area contributed by atoms with Gasteiger partial charge in [-0.05, 0) is 0 Å². The second-order valence-electron chi connectivity index (χ2n) is 5.93. The summed E-state index contributed by atoms with van der Waals surface area (Å²) in [5.41, 5.74) is -1.05. The zero-order valence-corrected chi connectivity index (χ0v) is 14.9. The van der Waals surface area contributed by atoms with Gasteiger partial charge in [-0.25, -0.2) is 4.79 Å². The number of benzene rings is 2. The van der Waals surface area contributed by atoms with Crippen LogP contribution in [0, 0.1) is 0 Å². The van der Waals surface area contributed by atoms with Gasteiger partial charge in [0.1, 0.15) is 11.3 Å². The molecule has 1 aromatic heterocycles. The van der Waals surface area contributed by atoms with E-state index in [-0.39, 0.29) is 28.2 Å². The number of anilines is 1. The molecule has 8 nitrogen and oxygen atoms in total. The number of rotatable bonds is 4. The van der Waals surface area contributed by atoms with Crippen molar-refractivity contribution in [3.8, 4) is 17.1 Å². The molecule has 0 aliphatic carbocycles. The Balaban J connectivity index is 2.42. The van der Waals surface area contributed by atoms with Crippen molar-refractivity contribution in [3.63, 3.8) is 0 Å². The van der Waals surface area contributed by atoms with E-state index < -0.39 is 28.8 Å². The molecule has 0 radical (unpaired) electrons. The Hall–Kier alpha value is -3.94. The number of ether oxygens (including phenoxy) is 1. The van der Waals surface area contributed by atoms with E-state index >= 15 is 0 Å². The molecule has 3 aromatic rings. The number of carbonyl (C=O) groups is 3. The van der Waals surface area contributed by atoms with Gasteiger partial charge in [-0.15, -0.1) is 0 Å². The van der Waals surface area contributed by atoms with Crippen LogP contribution in [0.3, 0.4) is 0 Å². The Morgan fingerprint density at radius 1 is 1.07 bits per heavy atom. The molecule has 2 N–H and O–H groups in total. The van der Waals surface area contributed by atoms with Crippen LogP contribution >= 0.6 is 0 Å². The summed E-state index contributed by atoms with van der Waals surface area (Å²) in [6.45, 7) is 2.42. The number of carboxylic acid groups (broad SMARTS) is 1. The van der Waals surface area contributed by atoms with Gasteiger partial charge in [0, 0.05) is 31.5 Å². The first-order valence-electron chi connectivity index (χ1n) is 8.17. The zero-order chi connectivity index (χ0) is 20.4. The number of fused-ring (bicyclic) bond motifs is 1. The standard InChI is InChI=1S/C20H15NO7/c1-10(22)21-14-8-13(27-11(2)23)9-15-16(14)18(24)17(20(25)26)19(28-15)12-6-4-3-5-7-12/h3-9H,1-2H3,(H,21,22)(H,25,26). The Labute approximate surface area is 158 Å². The lowest BCUT2D eigenvalue weighted by Crippen LogP contribution is -2.19. The van der Waals surface area contributed by atoms with Crippen molar-refractivity contribution < 1.29 is 28.6 Å². The maximum absolute atomic E-state index is 13.0. The molecule has 0 bridgehead atoms. The highest BCUT2D eigenvalue weighted by molar-refractivity contribution is 6.05. The first-order chi connectivity index (χ1) is 13.3. The van der Waals surface area contributed by atoms with Crippen LogP contribution in [0.2, 0.25) is 0 Å². The second-order valence-corrected chi connectivity index (χ2v) is 5.93. The van der Waals surface area contributed by atoms with Crippen LogP contribution in [0.25, 0.3) is 22.3 Å². The number of aromatic carboxylic acids is 1. The van der Waals surface area contributed by atoms with Gasteiger partial charge in [0.2, 0.25) is 11.3 Å². The SMILES string of the molecule is CC(=O)Nc1cc(OC(C)=O)cc2oc(-c3ccccc3)c(C(=O)O)c(=O)c12. The van der Waals surface area contributed by atoms with Crippen molar-refractivity contribution in [2.24, 2.45) is 0 Å². The highest BCUT2D eigenvalue weighted by Gasteiger charge is 2.24. The quantitative estimate of drug-likeness (QED) is 0.526. The van der Waals surface area contributed by atoms with Gasteiger partial charge in [-0.1, -0.05) is 30.3 Å². The first kappa shape index (κ1) is 18.8. The molecule has 0 atom stereocenters. The summed E-state index contributed by atoms with van der Waals surface area (Å²) in [5, 5.41) is 11.9. The van der Waals surface area contributed by atoms with Gasteiger partial charge >= 0.3 is 11.9 Å². The summed E-state index contributed by atoms with van der Waals surface area (Å²) in [6.07, 6.45) is 0. The summed E-state index contributed by atoms with van der Waals surface area (Å²) in [7, 11) is 0. The molecular weight excluding hydrogens is 366 g/mol. The minimum Gasteiger partial charge on any atom is -0.477 e. The average molecular weight is 381 g/mol. The van der Waals surface area contributed by atoms with E-state index in [0.717, 1.165) is 0 Å². The Bertz CT molecular complexity index is 1160. The van der Waals surface area contributed by atoms with Gasteiger partial charge in [0.25, 0.3) is 0 Å². The number of hydrogen-bond acceptors (Lipinski definition) is 6. The van der Waals surface area contributed by atoms with Gasteiger partial charge in [0.15, 0.2) is 11.3 Å². The van der Waals surface area contributed by atoms with Crippen LogP contribution in [-0.4, -0.2) is 23.0 Å². The van der Waals surface area contributed by atoms with Gasteiger partial charge < -0.3 is 19.6 Å². The zero-order valence-electron chi connectivity index (χ0n) is 14.9. The summed E-state index contributed by atoms with van der Waals surface area (Å²) >= 11 is 0. The molecule has 28 heavy (non-hydrogen) atoms. The predicted molar refractivity (Wildman–Crippen MR) is 100 cm³/mol. The molecule has 0 unspecified atom stereocenters. The van der Waals surface area contributed by atoms with Crippen molar-refractivity contribution in [1.29, 1.82) is 0 Å². The van der Waals surface area contributed by atoms with Crippen molar-refractivity contribution in [3.05, 3.63) is 58.3 Å². The van der Waals surface area contributed by atoms with Gasteiger partial charge in [0.05, 0.1) is 11.1 Å². The van der Waals surface area contributed by atoms with Crippen LogP contribution in [0.5, 0.6) is 5.75 Å². The molecule has 8 heteroatoms. The molecule has 2 aromatic carbocycles. The molecule has 3 rings (SSSR count). The smallest absolute Gasteiger partial charge is 0.343 e. The summed E-state index contributed by atoms with van der Waals surface area (Å²) < 4.78 is 10.8. The van der Waals surface area contributed by atoms with Crippen LogP contribution < -0.4 is 15.5 Å². The van der Waals surface area contributed by atoms with E-state index in [1.54, 1.807) is 30.3 Å². The molecule has 0 aliphatic rings. The average Bonchev–Trinajstić information content (AvgIpc) is 2.60. The summed E-state index contributed by atoms with van der Waals surface area (Å²) in [6, 6.07) is 10.8. The number of esters is 1. The number of hydrogen-bond donors (Lipinski definition) is 2. The van der Waals surface area contributed by atoms with E-state index in [2.05, 4.69) is 5.32 Å². The first-order valence-corrected chi connectivity index (χ1v) is 8.17. The predicted octanol–water partition coefficient (Wildman–Crippen LogP) is 3.04. The second kappa shape index (κ2) is 7.36. The minimum atomic E-state index is -1.47. The molecule has 1 amide bonds. The lowest BCUT2D eigenvalue weighted by molar-refractivity contribution is -0.131. The van der Waals surface area contributed by atoms with Crippen LogP contribution in [-0.2, 0) is 9.59 Å². The van der Waals surface area contributed by atoms with Gasteiger partial charge in [-0.3, -0.25) is 14.4 Å². The minimum absolute atomic E-state index is 0.0166. The topological polar surface area (TPSA) is 123 Å². The van der Waals surface area contributed by atoms with Crippen molar-refractivity contribution in [2.45, 2.75) is 13.8 Å². The third-order valence-electron chi connectivity index (χ3n) is 3.79. The number of nitrogens with one attached hydrogen (secondary N) is 1. The number of carbonyl (C=O) groups excluding carboxylic acids is 2. The Kier molecular flexibility index (Phi) is 4.95. The fourth-order valence-electron chi connectivity index (χ4n) is 2.79. The van der Waals surface area contributed by atoms with E-state index in [1.165, 1.54) is 26.0 Å². The lowest BCUT2D eigenvalue weighted by atomic mass is 10.0. The third-order valence-corrected chi connectivity index (χ3v) is 3.79. The van der Waals surface area contributed by atoms with E-state index in [1.807, 2.05) is 0 Å². The summed E-state index contributed by atoms with van der Waals surface area (Å²) in [5.74, 6) is -2.67. The van der Waals surface area contributed by atoms with Crippen LogP contribution in [0.15, 0.2) is 51.7 Å². The monoisotopic (exact) mass is 381 g/mol. The Morgan fingerprint density at radius 2 is 1.75 bits per heavy atom. The van der Waals surface area contributed by atoms with Crippen LogP contribution in [0.1, 0.15) is 24.2 Å². The molecule has 1 heterocycles. The van der Waals surface area contributed by atoms with Gasteiger partial charge in [-0.2, -0.15) is 0 Å². The fraction of sp³-hybridized carbons (Fsp3) is 0.100. The molecule has 0 saturated carbocycles. The maximum Gasteiger partial charge on any atom is 0.343 e. The molecule has 0 aliphatic heterocycles. The highest BCUT2D eigenvalue weighted by Crippen LogP contribution is 2.32. The van der Waals surface area contributed by atoms with E-state index in [4.69, 9.17) is 9.15 Å². The normalized spacial score (nSPS) is 10.5. The van der Waals surface area contributed by atoms with Crippen molar-refractivity contribution in [1.82, 2.24) is 0 Å². The molecule has 0 saturated heterocycles. The highest BCUT2D eigenvalue weighted by atomic mass is 16.5. The summed E-state index contributed by atoms with van der Waals surface area (Å²) in [4.78, 5) is 47.6. The van der Waals surface area contributed by atoms with Crippen LogP contribution in [0.4, 0.5) is 5.69 Å². The van der Waals surface area contributed by atoms with Crippen molar-refractivity contribution >= 4 is 34.5 Å². The largest absolute Gasteiger partial charge is 0.477 e. The lowest BCUT2D eigenvalue weighted by Gasteiger charge is -2.12. The Morgan fingerprint density at radius 3 is 2.32 bits per heavy atom. The van der Waals surface area contributed by atoms with E-state index in [0.29, 0.717) is 5.56 Å². The molecule has 0 spiro atoms. The number of amides is 1. The number of carboxylic acids is 1. The third kappa shape index (κ3) is 3.61. The fourth-order valence-corrected chi connectivity index (χ4v) is 2.79. The molecule has 0 fully saturated rings.